The van der Waals surface area contributed by atoms with Crippen molar-refractivity contribution in [3.8, 4) is 0 Å². The van der Waals surface area contributed by atoms with Crippen molar-refractivity contribution in [2.45, 2.75) is 37.1 Å². The predicted octanol–water partition coefficient (Wildman–Crippen LogP) is -0.464. The Morgan fingerprint density at radius 2 is 1.67 bits per heavy atom. The van der Waals surface area contributed by atoms with Crippen LogP contribution in [0.25, 0.3) is 0 Å². The van der Waals surface area contributed by atoms with Crippen LogP contribution in [0.15, 0.2) is 0 Å². The minimum atomic E-state index is 0. The normalized spacial score (nSPS) is 21.1. The van der Waals surface area contributed by atoms with E-state index in [1.807, 2.05) is 0 Å². The SMILES string of the molecule is [Br-].[Zn+][CH2]C1CCCCC1. The van der Waals surface area contributed by atoms with Crippen LogP contribution in [-0.2, 0) is 18.3 Å². The van der Waals surface area contributed by atoms with Gasteiger partial charge in [0.25, 0.3) is 0 Å². The van der Waals surface area contributed by atoms with Gasteiger partial charge < -0.3 is 17.0 Å². The Morgan fingerprint density at radius 1 is 1.11 bits per heavy atom. The zero-order chi connectivity index (χ0) is 5.82. The van der Waals surface area contributed by atoms with E-state index < -0.39 is 0 Å². The van der Waals surface area contributed by atoms with Gasteiger partial charge in [-0.05, 0) is 0 Å². The molecule has 0 N–H and O–H groups in total. The molecule has 0 radical (unpaired) electrons. The Kier molecular flexibility index (Phi) is 6.57. The summed E-state index contributed by atoms with van der Waals surface area (Å²) >= 11 is 1.52. The topological polar surface area (TPSA) is 0 Å². The molecule has 1 aliphatic carbocycles. The molecule has 0 aromatic heterocycles. The van der Waals surface area contributed by atoms with Gasteiger partial charge in [0.1, 0.15) is 0 Å². The summed E-state index contributed by atoms with van der Waals surface area (Å²) in [5.41, 5.74) is 0. The first kappa shape index (κ1) is 10.1. The fraction of sp³-hybridized carbons (Fsp3) is 1.00. The third-order valence-electron chi connectivity index (χ3n) is 2.13. The molecule has 9 heavy (non-hydrogen) atoms. The molecule has 0 unspecified atom stereocenters. The molecule has 0 bridgehead atoms. The van der Waals surface area contributed by atoms with Gasteiger partial charge in [0.05, 0.1) is 0 Å². The van der Waals surface area contributed by atoms with Crippen molar-refractivity contribution in [3.63, 3.8) is 0 Å². The minimum absolute atomic E-state index is 0. The summed E-state index contributed by atoms with van der Waals surface area (Å²) in [4.78, 5) is 0. The van der Waals surface area contributed by atoms with Gasteiger partial charge in [-0.15, -0.1) is 0 Å². The third kappa shape index (κ3) is 3.73. The van der Waals surface area contributed by atoms with Crippen LogP contribution in [0.3, 0.4) is 0 Å². The quantitative estimate of drug-likeness (QED) is 0.546. The second-order valence-electron chi connectivity index (χ2n) is 2.79. The predicted molar refractivity (Wildman–Crippen MR) is 31.4 cm³/mol. The molecule has 50 valence electrons. The van der Waals surface area contributed by atoms with Crippen molar-refractivity contribution in [1.82, 2.24) is 0 Å². The number of halogens is 1. The average molecular weight is 242 g/mol. The maximum absolute atomic E-state index is 1.54. The van der Waals surface area contributed by atoms with Crippen molar-refractivity contribution in [3.05, 3.63) is 0 Å². The summed E-state index contributed by atoms with van der Waals surface area (Å²) in [7, 11) is 0. The summed E-state index contributed by atoms with van der Waals surface area (Å²) in [6, 6.07) is 0. The van der Waals surface area contributed by atoms with Gasteiger partial charge in [-0.1, -0.05) is 0 Å². The molecule has 1 saturated carbocycles. The Morgan fingerprint density at radius 3 is 2.00 bits per heavy atom. The fourth-order valence-corrected chi connectivity index (χ4v) is 2.69. The van der Waals surface area contributed by atoms with Crippen LogP contribution in [0.4, 0.5) is 0 Å². The molecule has 0 aromatic carbocycles. The monoisotopic (exact) mass is 240 g/mol. The van der Waals surface area contributed by atoms with E-state index in [0.29, 0.717) is 0 Å². The standard InChI is InChI=1S/C7H13.BrH.Zn/c1-7-5-3-2-4-6-7;;/h7H,1-6H2;1H;/q;;+1/p-1. The molecular weight excluding hydrogens is 229 g/mol. The van der Waals surface area contributed by atoms with E-state index in [4.69, 9.17) is 0 Å². The molecule has 0 nitrogen and oxygen atoms in total. The van der Waals surface area contributed by atoms with Gasteiger partial charge in [0, 0.05) is 0 Å². The molecule has 0 spiro atoms. The van der Waals surface area contributed by atoms with Crippen LogP contribution in [0.2, 0.25) is 5.02 Å². The first-order valence-electron chi connectivity index (χ1n) is 3.72. The molecule has 2 heteroatoms. The third-order valence-corrected chi connectivity index (χ3v) is 3.85. The van der Waals surface area contributed by atoms with Gasteiger partial charge >= 0.3 is 61.3 Å². The van der Waals surface area contributed by atoms with Crippen LogP contribution in [0.1, 0.15) is 32.1 Å². The summed E-state index contributed by atoms with van der Waals surface area (Å²) in [5, 5.41) is 1.54. The van der Waals surface area contributed by atoms with Crippen LogP contribution in [0, 0.1) is 5.92 Å². The van der Waals surface area contributed by atoms with Crippen LogP contribution in [-0.4, -0.2) is 0 Å². The van der Waals surface area contributed by atoms with Crippen LogP contribution in [0.5, 0.6) is 0 Å². The average Bonchev–Trinajstić information content (AvgIpc) is 1.90. The summed E-state index contributed by atoms with van der Waals surface area (Å²) < 4.78 is 0. The van der Waals surface area contributed by atoms with Gasteiger partial charge in [0.15, 0.2) is 0 Å². The first-order chi connectivity index (χ1) is 3.93. The number of rotatable bonds is 1. The van der Waals surface area contributed by atoms with Crippen LogP contribution < -0.4 is 17.0 Å². The Hall–Kier alpha value is 1.10. The molecule has 0 atom stereocenters. The van der Waals surface area contributed by atoms with E-state index in [1.165, 1.54) is 37.6 Å². The van der Waals surface area contributed by atoms with Crippen LogP contribution >= 0.6 is 0 Å². The summed E-state index contributed by atoms with van der Waals surface area (Å²) in [6.07, 6.45) is 7.63. The van der Waals surface area contributed by atoms with Crippen molar-refractivity contribution in [2.24, 2.45) is 5.92 Å². The molecule has 1 fully saturated rings. The summed E-state index contributed by atoms with van der Waals surface area (Å²) in [6.45, 7) is 0. The van der Waals surface area contributed by atoms with E-state index >= 15 is 0 Å². The summed E-state index contributed by atoms with van der Waals surface area (Å²) in [5.74, 6) is 1.14. The molecule has 1 aliphatic rings. The van der Waals surface area contributed by atoms with Crippen molar-refractivity contribution >= 4 is 0 Å². The van der Waals surface area contributed by atoms with E-state index in [-0.39, 0.29) is 17.0 Å². The van der Waals surface area contributed by atoms with Gasteiger partial charge in [-0.3, -0.25) is 0 Å². The van der Waals surface area contributed by atoms with Crippen molar-refractivity contribution < 1.29 is 35.3 Å². The van der Waals surface area contributed by atoms with E-state index in [1.54, 1.807) is 17.9 Å². The Labute approximate surface area is 78.2 Å². The zero-order valence-electron chi connectivity index (χ0n) is 5.91. The van der Waals surface area contributed by atoms with Crippen molar-refractivity contribution in [1.29, 1.82) is 0 Å². The Balaban J connectivity index is 0.000000640. The van der Waals surface area contributed by atoms with Gasteiger partial charge in [0.2, 0.25) is 0 Å². The molecule has 0 saturated heterocycles. The molecule has 0 amide bonds. The first-order valence-corrected chi connectivity index (χ1v) is 5.82. The molecule has 0 heterocycles. The number of hydrogen-bond donors (Lipinski definition) is 0. The van der Waals surface area contributed by atoms with Gasteiger partial charge in [-0.25, -0.2) is 0 Å². The molecule has 0 aliphatic heterocycles. The number of hydrogen-bond acceptors (Lipinski definition) is 0. The van der Waals surface area contributed by atoms with Gasteiger partial charge in [-0.2, -0.15) is 0 Å². The maximum atomic E-state index is 1.54. The fourth-order valence-electron chi connectivity index (χ4n) is 1.48. The second-order valence-corrected chi connectivity index (χ2v) is 4.00. The van der Waals surface area contributed by atoms with E-state index in [9.17, 15) is 0 Å². The van der Waals surface area contributed by atoms with E-state index in [0.717, 1.165) is 5.92 Å². The van der Waals surface area contributed by atoms with E-state index in [2.05, 4.69) is 0 Å². The second kappa shape index (κ2) is 5.86. The zero-order valence-corrected chi connectivity index (χ0v) is 10.5. The Bertz CT molecular complexity index is 59.9. The van der Waals surface area contributed by atoms with Crippen molar-refractivity contribution in [2.75, 3.05) is 0 Å². The molecular formula is C7H13BrZn. The molecule has 0 aromatic rings. The molecule has 1 rings (SSSR count).